The van der Waals surface area contributed by atoms with Gasteiger partial charge in [0.2, 0.25) is 16.8 Å². The van der Waals surface area contributed by atoms with E-state index in [1.165, 1.54) is 6.20 Å². The van der Waals surface area contributed by atoms with Crippen molar-refractivity contribution in [1.29, 1.82) is 0 Å². The zero-order valence-electron chi connectivity index (χ0n) is 10.7. The van der Waals surface area contributed by atoms with Gasteiger partial charge in [-0.2, -0.15) is 22.5 Å². The van der Waals surface area contributed by atoms with Crippen molar-refractivity contribution in [2.45, 2.75) is 26.1 Å². The number of carbonyl (C=O) groups excluding carboxylic acids is 1. The molecule has 0 radical (unpaired) electrons. The minimum atomic E-state index is -4.64. The Balaban J connectivity index is 1.85. The minimum absolute atomic E-state index is 0.0107. The van der Waals surface area contributed by atoms with Crippen molar-refractivity contribution in [2.75, 3.05) is 5.32 Å². The van der Waals surface area contributed by atoms with Crippen molar-refractivity contribution in [3.63, 3.8) is 0 Å². The number of rotatable bonds is 4. The topological polar surface area (TPSA) is 92.9 Å². The summed E-state index contributed by atoms with van der Waals surface area (Å²) in [5.41, 5.74) is 0. The van der Waals surface area contributed by atoms with Crippen LogP contribution in [0.1, 0.15) is 24.4 Å². The molecule has 0 spiro atoms. The fourth-order valence-electron chi connectivity index (χ4n) is 1.28. The number of alkyl halides is 3. The Morgan fingerprint density at radius 3 is 2.81 bits per heavy atom. The number of aromatic nitrogens is 3. The Morgan fingerprint density at radius 2 is 2.24 bits per heavy atom. The fourth-order valence-corrected chi connectivity index (χ4v) is 1.86. The predicted octanol–water partition coefficient (Wildman–Crippen LogP) is 2.43. The Kier molecular flexibility index (Phi) is 4.40. The number of nitrogens with one attached hydrogen (secondary N) is 2. The number of oxazole rings is 1. The third kappa shape index (κ3) is 4.15. The van der Waals surface area contributed by atoms with Gasteiger partial charge in [0.05, 0.1) is 12.7 Å². The molecule has 0 aromatic carbocycles. The normalized spacial score (nSPS) is 11.4. The number of urea groups is 1. The maximum Gasteiger partial charge on any atom is 0.452 e. The summed E-state index contributed by atoms with van der Waals surface area (Å²) in [6.07, 6.45) is -2.43. The van der Waals surface area contributed by atoms with Gasteiger partial charge in [-0.3, -0.25) is 5.32 Å². The molecule has 11 heteroatoms. The molecule has 2 rings (SSSR count). The molecule has 0 atom stereocenters. The van der Waals surface area contributed by atoms with Crippen molar-refractivity contribution in [2.24, 2.45) is 0 Å². The van der Waals surface area contributed by atoms with E-state index in [-0.39, 0.29) is 11.7 Å². The average Bonchev–Trinajstić information content (AvgIpc) is 3.04. The molecule has 7 nitrogen and oxygen atoms in total. The highest BCUT2D eigenvalue weighted by Crippen LogP contribution is 2.28. The van der Waals surface area contributed by atoms with Crippen LogP contribution in [0.5, 0.6) is 0 Å². The van der Waals surface area contributed by atoms with Gasteiger partial charge in [0.1, 0.15) is 5.76 Å². The van der Waals surface area contributed by atoms with Crippen molar-refractivity contribution >= 4 is 22.7 Å². The summed E-state index contributed by atoms with van der Waals surface area (Å²) >= 11 is 0.442. The molecular weight excluding hydrogens is 311 g/mol. The minimum Gasteiger partial charge on any atom is -0.444 e. The Morgan fingerprint density at radius 1 is 1.48 bits per heavy atom. The van der Waals surface area contributed by atoms with Crippen molar-refractivity contribution in [3.8, 4) is 0 Å². The largest absolute Gasteiger partial charge is 0.452 e. The lowest BCUT2D eigenvalue weighted by Gasteiger charge is -2.02. The Labute approximate surface area is 120 Å². The number of anilines is 1. The van der Waals surface area contributed by atoms with Crippen LogP contribution in [-0.4, -0.2) is 20.4 Å². The monoisotopic (exact) mass is 321 g/mol. The molecule has 2 amide bonds. The highest BCUT2D eigenvalue weighted by atomic mass is 32.1. The smallest absolute Gasteiger partial charge is 0.444 e. The molecule has 0 unspecified atom stereocenters. The molecule has 0 saturated heterocycles. The van der Waals surface area contributed by atoms with Gasteiger partial charge in [-0.1, -0.05) is 6.92 Å². The van der Waals surface area contributed by atoms with Gasteiger partial charge in [-0.25, -0.2) is 9.78 Å². The molecule has 21 heavy (non-hydrogen) atoms. The van der Waals surface area contributed by atoms with Crippen molar-refractivity contribution < 1.29 is 22.4 Å². The maximum atomic E-state index is 12.3. The molecule has 2 heterocycles. The lowest BCUT2D eigenvalue weighted by molar-refractivity contribution is -0.144. The first-order chi connectivity index (χ1) is 9.88. The van der Waals surface area contributed by atoms with Crippen LogP contribution in [0.3, 0.4) is 0 Å². The molecule has 2 aromatic rings. The van der Waals surface area contributed by atoms with E-state index in [9.17, 15) is 18.0 Å². The molecule has 0 fully saturated rings. The third-order valence-corrected chi connectivity index (χ3v) is 2.88. The Hall–Kier alpha value is -2.17. The zero-order valence-corrected chi connectivity index (χ0v) is 11.5. The van der Waals surface area contributed by atoms with Gasteiger partial charge in [-0.05, 0) is 0 Å². The van der Waals surface area contributed by atoms with Crippen LogP contribution in [0.25, 0.3) is 0 Å². The van der Waals surface area contributed by atoms with E-state index >= 15 is 0 Å². The Bertz CT molecular complexity index is 624. The van der Waals surface area contributed by atoms with Crippen LogP contribution >= 0.6 is 11.5 Å². The summed E-state index contributed by atoms with van der Waals surface area (Å²) in [5.74, 6) is -0.315. The first-order valence-corrected chi connectivity index (χ1v) is 6.55. The number of hydrogen-bond donors (Lipinski definition) is 2. The summed E-state index contributed by atoms with van der Waals surface area (Å²) < 4.78 is 45.2. The molecule has 0 aliphatic carbocycles. The van der Waals surface area contributed by atoms with E-state index in [4.69, 9.17) is 4.42 Å². The number of carbonyl (C=O) groups is 1. The van der Waals surface area contributed by atoms with E-state index in [1.807, 2.05) is 6.92 Å². The van der Waals surface area contributed by atoms with Crippen LogP contribution in [-0.2, 0) is 19.1 Å². The molecule has 0 bridgehead atoms. The lowest BCUT2D eigenvalue weighted by Crippen LogP contribution is -2.28. The van der Waals surface area contributed by atoms with Crippen LogP contribution in [0.4, 0.5) is 23.1 Å². The van der Waals surface area contributed by atoms with Gasteiger partial charge in [0.15, 0.2) is 0 Å². The standard InChI is InChI=1S/C10H10F3N5O2S/c1-2-5-3-14-6(20-5)4-15-8(19)17-9-16-7(18-21-9)10(11,12)13/h3H,2,4H2,1H3,(H2,15,16,17,18,19). The molecular formula is C10H10F3N5O2S. The van der Waals surface area contributed by atoms with Crippen molar-refractivity contribution in [1.82, 2.24) is 19.7 Å². The van der Waals surface area contributed by atoms with Crippen molar-refractivity contribution in [3.05, 3.63) is 23.7 Å². The van der Waals surface area contributed by atoms with Crippen LogP contribution in [0.15, 0.2) is 10.6 Å². The average molecular weight is 321 g/mol. The van der Waals surface area contributed by atoms with Gasteiger partial charge in [-0.15, -0.1) is 0 Å². The first-order valence-electron chi connectivity index (χ1n) is 5.78. The van der Waals surface area contributed by atoms with E-state index in [0.29, 0.717) is 29.6 Å². The quantitative estimate of drug-likeness (QED) is 0.902. The van der Waals surface area contributed by atoms with Gasteiger partial charge >= 0.3 is 12.2 Å². The molecule has 114 valence electrons. The van der Waals surface area contributed by atoms with E-state index < -0.39 is 18.0 Å². The van der Waals surface area contributed by atoms with E-state index in [1.54, 1.807) is 0 Å². The van der Waals surface area contributed by atoms with Gasteiger partial charge < -0.3 is 9.73 Å². The van der Waals surface area contributed by atoms with E-state index in [2.05, 4.69) is 25.0 Å². The molecule has 2 aromatic heterocycles. The SMILES string of the molecule is CCc1cnc(CNC(=O)Nc2nc(C(F)(F)F)ns2)o1. The lowest BCUT2D eigenvalue weighted by atomic mass is 10.4. The molecule has 0 aliphatic heterocycles. The van der Waals surface area contributed by atoms with Crippen LogP contribution in [0.2, 0.25) is 0 Å². The number of hydrogen-bond acceptors (Lipinski definition) is 6. The second kappa shape index (κ2) is 6.08. The molecule has 0 aliphatic rings. The summed E-state index contributed by atoms with van der Waals surface area (Å²) in [5, 5.41) is 4.29. The summed E-state index contributed by atoms with van der Waals surface area (Å²) in [4.78, 5) is 18.6. The van der Waals surface area contributed by atoms with E-state index in [0.717, 1.165) is 0 Å². The highest BCUT2D eigenvalue weighted by Gasteiger charge is 2.36. The summed E-state index contributed by atoms with van der Waals surface area (Å²) in [6, 6.07) is -0.726. The second-order valence-corrected chi connectivity index (χ2v) is 4.55. The number of aryl methyl sites for hydroxylation is 1. The first kappa shape index (κ1) is 15.2. The van der Waals surface area contributed by atoms with Crippen LogP contribution < -0.4 is 10.6 Å². The third-order valence-electron chi connectivity index (χ3n) is 2.25. The zero-order chi connectivity index (χ0) is 15.5. The summed E-state index contributed by atoms with van der Waals surface area (Å²) in [6.45, 7) is 1.90. The molecule has 2 N–H and O–H groups in total. The predicted molar refractivity (Wildman–Crippen MR) is 66.7 cm³/mol. The number of amides is 2. The highest BCUT2D eigenvalue weighted by molar-refractivity contribution is 7.09. The summed E-state index contributed by atoms with van der Waals surface area (Å²) in [7, 11) is 0. The van der Waals surface area contributed by atoms with Gasteiger partial charge in [0.25, 0.3) is 0 Å². The molecule has 0 saturated carbocycles. The van der Waals surface area contributed by atoms with Crippen LogP contribution in [0, 0.1) is 0 Å². The number of nitrogens with zero attached hydrogens (tertiary/aromatic N) is 3. The maximum absolute atomic E-state index is 12.3. The van der Waals surface area contributed by atoms with Gasteiger partial charge in [0, 0.05) is 18.0 Å². The second-order valence-electron chi connectivity index (χ2n) is 3.80. The fraction of sp³-hybridized carbons (Fsp3) is 0.400. The number of halogens is 3.